The third-order valence-electron chi connectivity index (χ3n) is 11.8. The molecule has 8 aromatic carbocycles. The number of anilines is 3. The van der Waals surface area contributed by atoms with E-state index in [0.29, 0.717) is 0 Å². The van der Waals surface area contributed by atoms with E-state index >= 15 is 0 Å². The topological polar surface area (TPSA) is 12.5 Å². The van der Waals surface area contributed by atoms with Gasteiger partial charge in [0.05, 0.1) is 24.2 Å². The Bertz CT molecular complexity index is 2750. The Kier molecular flexibility index (Phi) is 7.99. The molecule has 8 aromatic rings. The number of fused-ring (bicyclic) bond motifs is 6. The summed E-state index contributed by atoms with van der Waals surface area (Å²) < 4.78 is 6.48. The highest BCUT2D eigenvalue weighted by atomic mass is 16.5. The fraction of sp³-hybridized carbons (Fsp3) is 0.0943. The van der Waals surface area contributed by atoms with Gasteiger partial charge in [-0.05, 0) is 104 Å². The number of rotatable bonds is 7. The van der Waals surface area contributed by atoms with Gasteiger partial charge in [0.15, 0.2) is 0 Å². The van der Waals surface area contributed by atoms with Crippen LogP contribution in [-0.2, 0) is 12.8 Å². The zero-order chi connectivity index (χ0) is 37.0. The Morgan fingerprint density at radius 3 is 1.51 bits per heavy atom. The number of ether oxygens (including phenoxy) is 1. The minimum atomic E-state index is 0.829. The Hall–Kier alpha value is -6.64. The van der Waals surface area contributed by atoms with E-state index in [-0.39, 0.29) is 0 Å². The standard InChI is InChI=1S/C53H41NO/c1-34-30-45-41-26-15-13-24-39(41)31-47(45)51(35(34)2)54(52-43(28-17-29-49(52)55-3)36-18-7-4-8-19-36)53-48-32-40-25-14-16-27-42(40)46(48)33-44(37-20-9-5-10-21-37)50(53)38-22-11-6-12-23-38/h4-30,33H,31-32H2,1-3H3. The molecule has 2 aliphatic carbocycles. The maximum Gasteiger partial charge on any atom is 0.143 e. The van der Waals surface area contributed by atoms with E-state index < -0.39 is 0 Å². The molecule has 0 N–H and O–H groups in total. The van der Waals surface area contributed by atoms with Gasteiger partial charge >= 0.3 is 0 Å². The number of nitrogens with zero attached hydrogens (tertiary/aromatic N) is 1. The van der Waals surface area contributed by atoms with E-state index in [1.54, 1.807) is 0 Å². The Morgan fingerprint density at radius 2 is 0.909 bits per heavy atom. The molecule has 0 unspecified atom stereocenters. The van der Waals surface area contributed by atoms with Crippen molar-refractivity contribution in [3.63, 3.8) is 0 Å². The normalized spacial score (nSPS) is 12.1. The van der Waals surface area contributed by atoms with Gasteiger partial charge in [0.1, 0.15) is 5.75 Å². The smallest absolute Gasteiger partial charge is 0.143 e. The predicted molar refractivity (Wildman–Crippen MR) is 230 cm³/mol. The maximum absolute atomic E-state index is 6.48. The zero-order valence-electron chi connectivity index (χ0n) is 31.4. The largest absolute Gasteiger partial charge is 0.495 e. The monoisotopic (exact) mass is 707 g/mol. The molecule has 264 valence electrons. The number of aryl methyl sites for hydroxylation is 1. The lowest BCUT2D eigenvalue weighted by Crippen LogP contribution is -2.19. The summed E-state index contributed by atoms with van der Waals surface area (Å²) in [5, 5.41) is 0. The molecule has 0 fully saturated rings. The third kappa shape index (κ3) is 5.32. The van der Waals surface area contributed by atoms with Crippen molar-refractivity contribution in [2.75, 3.05) is 12.0 Å². The summed E-state index contributed by atoms with van der Waals surface area (Å²) in [5.41, 5.74) is 23.7. The first-order chi connectivity index (χ1) is 27.1. The minimum Gasteiger partial charge on any atom is -0.495 e. The van der Waals surface area contributed by atoms with Crippen molar-refractivity contribution in [3.8, 4) is 61.4 Å². The summed E-state index contributed by atoms with van der Waals surface area (Å²) in [6, 6.07) is 62.1. The van der Waals surface area contributed by atoms with Crippen LogP contribution in [0.3, 0.4) is 0 Å². The molecule has 55 heavy (non-hydrogen) atoms. The molecular formula is C53H41NO. The highest BCUT2D eigenvalue weighted by Gasteiger charge is 2.36. The van der Waals surface area contributed by atoms with Crippen LogP contribution < -0.4 is 9.64 Å². The van der Waals surface area contributed by atoms with Gasteiger partial charge in [-0.2, -0.15) is 0 Å². The molecule has 0 saturated carbocycles. The fourth-order valence-corrected chi connectivity index (χ4v) is 9.15. The van der Waals surface area contributed by atoms with E-state index in [1.165, 1.54) is 89.3 Å². The number of hydrogen-bond acceptors (Lipinski definition) is 2. The van der Waals surface area contributed by atoms with Crippen molar-refractivity contribution in [1.29, 1.82) is 0 Å². The lowest BCUT2D eigenvalue weighted by Gasteiger charge is -2.36. The first-order valence-electron chi connectivity index (χ1n) is 19.2. The molecule has 10 rings (SSSR count). The van der Waals surface area contributed by atoms with E-state index in [1.807, 2.05) is 7.11 Å². The van der Waals surface area contributed by atoms with Crippen LogP contribution in [-0.4, -0.2) is 7.11 Å². The number of methoxy groups -OCH3 is 1. The van der Waals surface area contributed by atoms with E-state index in [2.05, 4.69) is 189 Å². The Morgan fingerprint density at radius 1 is 0.418 bits per heavy atom. The number of para-hydroxylation sites is 1. The molecule has 0 spiro atoms. The van der Waals surface area contributed by atoms with Crippen LogP contribution in [0.1, 0.15) is 33.4 Å². The van der Waals surface area contributed by atoms with Gasteiger partial charge in [0.2, 0.25) is 0 Å². The molecule has 0 radical (unpaired) electrons. The molecule has 0 saturated heterocycles. The van der Waals surface area contributed by atoms with Crippen LogP contribution in [0.2, 0.25) is 0 Å². The molecule has 0 amide bonds. The average Bonchev–Trinajstić information content (AvgIpc) is 3.81. The van der Waals surface area contributed by atoms with Crippen LogP contribution in [0.15, 0.2) is 170 Å². The van der Waals surface area contributed by atoms with Crippen molar-refractivity contribution < 1.29 is 4.74 Å². The summed E-state index contributed by atoms with van der Waals surface area (Å²) in [6.07, 6.45) is 1.69. The lowest BCUT2D eigenvalue weighted by atomic mass is 9.85. The molecular weight excluding hydrogens is 667 g/mol. The van der Waals surface area contributed by atoms with E-state index in [9.17, 15) is 0 Å². The van der Waals surface area contributed by atoms with Gasteiger partial charge < -0.3 is 9.64 Å². The van der Waals surface area contributed by atoms with Crippen LogP contribution in [0.4, 0.5) is 17.1 Å². The second-order valence-electron chi connectivity index (χ2n) is 14.8. The molecule has 2 nitrogen and oxygen atoms in total. The van der Waals surface area contributed by atoms with E-state index in [4.69, 9.17) is 4.74 Å². The van der Waals surface area contributed by atoms with Crippen LogP contribution in [0, 0.1) is 13.8 Å². The van der Waals surface area contributed by atoms with Crippen molar-refractivity contribution in [1.82, 2.24) is 0 Å². The fourth-order valence-electron chi connectivity index (χ4n) is 9.15. The van der Waals surface area contributed by atoms with Crippen LogP contribution in [0.25, 0.3) is 55.6 Å². The SMILES string of the molecule is COc1cccc(-c2ccccc2)c1N(c1c(C)c(C)cc2c1Cc1ccccc1-2)c1c2c(cc(-c3ccccc3)c1-c1ccccc1)-c1ccccc1C2. The highest BCUT2D eigenvalue weighted by molar-refractivity contribution is 6.07. The molecule has 0 heterocycles. The van der Waals surface area contributed by atoms with Gasteiger partial charge in [-0.15, -0.1) is 0 Å². The second-order valence-corrected chi connectivity index (χ2v) is 14.8. The van der Waals surface area contributed by atoms with Crippen molar-refractivity contribution in [2.45, 2.75) is 26.7 Å². The Labute approximate surface area is 324 Å². The quantitative estimate of drug-likeness (QED) is 0.163. The van der Waals surface area contributed by atoms with Gasteiger partial charge in [0.25, 0.3) is 0 Å². The molecule has 2 aliphatic rings. The second kappa shape index (κ2) is 13.3. The molecule has 0 bridgehead atoms. The van der Waals surface area contributed by atoms with Crippen molar-refractivity contribution >= 4 is 17.1 Å². The van der Waals surface area contributed by atoms with Gasteiger partial charge in [-0.25, -0.2) is 0 Å². The predicted octanol–water partition coefficient (Wildman–Crippen LogP) is 13.9. The summed E-state index contributed by atoms with van der Waals surface area (Å²) in [4.78, 5) is 2.63. The van der Waals surface area contributed by atoms with Crippen molar-refractivity contribution in [3.05, 3.63) is 203 Å². The molecule has 0 atom stereocenters. The third-order valence-corrected chi connectivity index (χ3v) is 11.8. The zero-order valence-corrected chi connectivity index (χ0v) is 31.4. The number of hydrogen-bond donors (Lipinski definition) is 0. The van der Waals surface area contributed by atoms with Gasteiger partial charge in [0, 0.05) is 24.0 Å². The summed E-state index contributed by atoms with van der Waals surface area (Å²) in [5.74, 6) is 0.833. The highest BCUT2D eigenvalue weighted by Crippen LogP contribution is 2.59. The Balaban J connectivity index is 1.43. The van der Waals surface area contributed by atoms with Gasteiger partial charge in [-0.1, -0.05) is 158 Å². The summed E-state index contributed by atoms with van der Waals surface area (Å²) in [6.45, 7) is 4.59. The van der Waals surface area contributed by atoms with Crippen molar-refractivity contribution in [2.24, 2.45) is 0 Å². The number of benzene rings is 8. The van der Waals surface area contributed by atoms with E-state index in [0.717, 1.165) is 35.4 Å². The first kappa shape index (κ1) is 33.0. The summed E-state index contributed by atoms with van der Waals surface area (Å²) in [7, 11) is 1.81. The molecule has 0 aromatic heterocycles. The minimum absolute atomic E-state index is 0.829. The maximum atomic E-state index is 6.48. The lowest BCUT2D eigenvalue weighted by molar-refractivity contribution is 0.416. The first-order valence-corrected chi connectivity index (χ1v) is 19.2. The molecule has 2 heteroatoms. The summed E-state index contributed by atoms with van der Waals surface area (Å²) >= 11 is 0. The van der Waals surface area contributed by atoms with Gasteiger partial charge in [-0.3, -0.25) is 0 Å². The van der Waals surface area contributed by atoms with Crippen LogP contribution in [0.5, 0.6) is 5.75 Å². The van der Waals surface area contributed by atoms with Crippen LogP contribution >= 0.6 is 0 Å². The average molecular weight is 708 g/mol. The molecule has 0 aliphatic heterocycles.